The normalized spacial score (nSPS) is 11.3. The molecule has 0 aliphatic rings. The van der Waals surface area contributed by atoms with E-state index in [2.05, 4.69) is 34.5 Å². The van der Waals surface area contributed by atoms with E-state index in [1.807, 2.05) is 19.9 Å². The number of carbonyl (C=O) groups is 1. The predicted molar refractivity (Wildman–Crippen MR) is 119 cm³/mol. The van der Waals surface area contributed by atoms with Crippen molar-refractivity contribution in [2.75, 3.05) is 12.4 Å². The van der Waals surface area contributed by atoms with Gasteiger partial charge in [0.25, 0.3) is 0 Å². The van der Waals surface area contributed by atoms with Gasteiger partial charge in [-0.1, -0.05) is 36.4 Å². The Morgan fingerprint density at radius 3 is 2.74 bits per heavy atom. The van der Waals surface area contributed by atoms with Crippen LogP contribution in [0, 0.1) is 19.8 Å². The molecule has 0 saturated carbocycles. The third-order valence-electron chi connectivity index (χ3n) is 4.45. The summed E-state index contributed by atoms with van der Waals surface area (Å²) in [6.45, 7) is 8.28. The average Bonchev–Trinajstić information content (AvgIpc) is 3.30. The lowest BCUT2D eigenvalue weighted by Crippen LogP contribution is -2.07. The van der Waals surface area contributed by atoms with E-state index in [9.17, 15) is 4.79 Å². The van der Waals surface area contributed by atoms with E-state index in [1.54, 1.807) is 25.3 Å². The van der Waals surface area contributed by atoms with Gasteiger partial charge in [-0.25, -0.2) is 0 Å². The molecule has 0 aliphatic carbocycles. The van der Waals surface area contributed by atoms with Crippen LogP contribution >= 0.6 is 11.3 Å². The number of benzene rings is 1. The number of amides is 1. The summed E-state index contributed by atoms with van der Waals surface area (Å²) in [7, 11) is 1.57. The van der Waals surface area contributed by atoms with Crippen molar-refractivity contribution < 1.29 is 18.8 Å². The molecule has 3 aromatic rings. The second-order valence-electron chi connectivity index (χ2n) is 7.42. The molecule has 1 N–H and O–H groups in total. The number of hydrogen-bond acceptors (Lipinski definition) is 8. The van der Waals surface area contributed by atoms with Crippen LogP contribution in [0.2, 0.25) is 0 Å². The summed E-state index contributed by atoms with van der Waals surface area (Å²) in [4.78, 5) is 12.2. The van der Waals surface area contributed by atoms with Crippen LogP contribution in [0.1, 0.15) is 41.4 Å². The van der Waals surface area contributed by atoms with Crippen molar-refractivity contribution >= 4 is 28.5 Å². The largest absolute Gasteiger partial charge is 0.493 e. The SMILES string of the molecule is COc1cc(/C=C/C(=O)Nc2nnc(CC(C)C)s2)ccc1OCc1c(C)noc1C. The van der Waals surface area contributed by atoms with Gasteiger partial charge in [0.1, 0.15) is 17.4 Å². The minimum absolute atomic E-state index is 0.273. The van der Waals surface area contributed by atoms with E-state index < -0.39 is 0 Å². The molecule has 0 aliphatic heterocycles. The summed E-state index contributed by atoms with van der Waals surface area (Å²) in [5.74, 6) is 2.11. The number of ether oxygens (including phenoxy) is 2. The van der Waals surface area contributed by atoms with Crippen molar-refractivity contribution in [3.05, 3.63) is 51.9 Å². The van der Waals surface area contributed by atoms with E-state index in [0.29, 0.717) is 29.2 Å². The van der Waals surface area contributed by atoms with Crippen LogP contribution in [0.25, 0.3) is 6.08 Å². The number of anilines is 1. The lowest BCUT2D eigenvalue weighted by molar-refractivity contribution is -0.111. The Bertz CT molecular complexity index is 1050. The highest BCUT2D eigenvalue weighted by Gasteiger charge is 2.12. The van der Waals surface area contributed by atoms with Gasteiger partial charge in [-0.05, 0) is 43.5 Å². The van der Waals surface area contributed by atoms with Crippen LogP contribution in [0.4, 0.5) is 5.13 Å². The molecule has 1 aromatic carbocycles. The Hall–Kier alpha value is -3.20. The van der Waals surface area contributed by atoms with Crippen molar-refractivity contribution in [2.24, 2.45) is 5.92 Å². The summed E-state index contributed by atoms with van der Waals surface area (Å²) in [5, 5.41) is 16.2. The van der Waals surface area contributed by atoms with Crippen molar-refractivity contribution in [3.63, 3.8) is 0 Å². The molecule has 1 amide bonds. The zero-order valence-corrected chi connectivity index (χ0v) is 19.1. The smallest absolute Gasteiger partial charge is 0.250 e. The Morgan fingerprint density at radius 2 is 2.06 bits per heavy atom. The summed E-state index contributed by atoms with van der Waals surface area (Å²) in [6, 6.07) is 5.45. The molecule has 0 radical (unpaired) electrons. The molecule has 9 heteroatoms. The summed E-state index contributed by atoms with van der Waals surface area (Å²) < 4.78 is 16.5. The van der Waals surface area contributed by atoms with Gasteiger partial charge in [-0.3, -0.25) is 10.1 Å². The summed E-state index contributed by atoms with van der Waals surface area (Å²) >= 11 is 1.39. The number of nitrogens with one attached hydrogen (secondary N) is 1. The topological polar surface area (TPSA) is 99.4 Å². The highest BCUT2D eigenvalue weighted by Crippen LogP contribution is 2.30. The number of aryl methyl sites for hydroxylation is 2. The first-order valence-corrected chi connectivity index (χ1v) is 10.7. The van der Waals surface area contributed by atoms with E-state index >= 15 is 0 Å². The van der Waals surface area contributed by atoms with Crippen molar-refractivity contribution in [2.45, 2.75) is 40.7 Å². The highest BCUT2D eigenvalue weighted by atomic mass is 32.1. The van der Waals surface area contributed by atoms with Crippen molar-refractivity contribution in [3.8, 4) is 11.5 Å². The van der Waals surface area contributed by atoms with Gasteiger partial charge in [-0.2, -0.15) is 0 Å². The molecule has 2 heterocycles. The maximum Gasteiger partial charge on any atom is 0.250 e. The molecule has 8 nitrogen and oxygen atoms in total. The van der Waals surface area contributed by atoms with E-state index in [0.717, 1.165) is 34.0 Å². The van der Waals surface area contributed by atoms with Crippen LogP contribution in [-0.2, 0) is 17.8 Å². The van der Waals surface area contributed by atoms with Gasteiger partial charge in [0.15, 0.2) is 11.5 Å². The van der Waals surface area contributed by atoms with Gasteiger partial charge in [0.05, 0.1) is 18.4 Å². The second-order valence-corrected chi connectivity index (χ2v) is 8.49. The van der Waals surface area contributed by atoms with Crippen LogP contribution < -0.4 is 14.8 Å². The number of hydrogen-bond donors (Lipinski definition) is 1. The number of rotatable bonds is 9. The molecule has 0 atom stereocenters. The number of methoxy groups -OCH3 is 1. The van der Waals surface area contributed by atoms with E-state index in [-0.39, 0.29) is 5.91 Å². The van der Waals surface area contributed by atoms with Gasteiger partial charge < -0.3 is 14.0 Å². The first kappa shape index (κ1) is 22.5. The van der Waals surface area contributed by atoms with E-state index in [1.165, 1.54) is 17.4 Å². The second kappa shape index (κ2) is 10.2. The van der Waals surface area contributed by atoms with Crippen LogP contribution in [0.3, 0.4) is 0 Å². The first-order chi connectivity index (χ1) is 14.9. The molecular formula is C22H26N4O4S. The van der Waals surface area contributed by atoms with Gasteiger partial charge in [0, 0.05) is 12.5 Å². The molecular weight excluding hydrogens is 416 g/mol. The van der Waals surface area contributed by atoms with Crippen molar-refractivity contribution in [1.29, 1.82) is 0 Å². The number of carbonyl (C=O) groups excluding carboxylic acids is 1. The fourth-order valence-electron chi connectivity index (χ4n) is 2.82. The van der Waals surface area contributed by atoms with Gasteiger partial charge in [-0.15, -0.1) is 10.2 Å². The molecule has 0 fully saturated rings. The van der Waals surface area contributed by atoms with Gasteiger partial charge >= 0.3 is 0 Å². The van der Waals surface area contributed by atoms with E-state index in [4.69, 9.17) is 14.0 Å². The lowest BCUT2D eigenvalue weighted by Gasteiger charge is -2.11. The fraction of sp³-hybridized carbons (Fsp3) is 0.364. The third-order valence-corrected chi connectivity index (χ3v) is 5.31. The third kappa shape index (κ3) is 6.14. The first-order valence-electron chi connectivity index (χ1n) is 9.89. The molecule has 164 valence electrons. The summed E-state index contributed by atoms with van der Waals surface area (Å²) in [5.41, 5.74) is 2.51. The predicted octanol–water partition coefficient (Wildman–Crippen LogP) is 4.58. The standard InChI is InChI=1S/C22H26N4O4S/c1-13(2)10-21-24-25-22(31-21)23-20(27)9-7-16-6-8-18(19(11-16)28-5)29-12-17-14(3)26-30-15(17)4/h6-9,11,13H,10,12H2,1-5H3,(H,23,25,27)/b9-7+. The molecule has 3 rings (SSSR count). The molecule has 31 heavy (non-hydrogen) atoms. The van der Waals surface area contributed by atoms with Crippen LogP contribution in [0.15, 0.2) is 28.8 Å². The maximum absolute atomic E-state index is 12.2. The van der Waals surface area contributed by atoms with Crippen LogP contribution in [-0.4, -0.2) is 28.4 Å². The number of aromatic nitrogens is 3. The molecule has 0 unspecified atom stereocenters. The minimum Gasteiger partial charge on any atom is -0.493 e. The Kier molecular flexibility index (Phi) is 7.41. The van der Waals surface area contributed by atoms with Crippen molar-refractivity contribution in [1.82, 2.24) is 15.4 Å². The Labute approximate surface area is 185 Å². The average molecular weight is 443 g/mol. The molecule has 0 saturated heterocycles. The van der Waals surface area contributed by atoms with Crippen LogP contribution in [0.5, 0.6) is 11.5 Å². The Morgan fingerprint density at radius 1 is 1.26 bits per heavy atom. The molecule has 2 aromatic heterocycles. The molecule has 0 bridgehead atoms. The quantitative estimate of drug-likeness (QED) is 0.484. The highest BCUT2D eigenvalue weighted by molar-refractivity contribution is 7.15. The zero-order valence-electron chi connectivity index (χ0n) is 18.3. The fourth-order valence-corrected chi connectivity index (χ4v) is 3.77. The summed E-state index contributed by atoms with van der Waals surface area (Å²) in [6.07, 6.45) is 3.99. The zero-order chi connectivity index (χ0) is 22.4. The monoisotopic (exact) mass is 442 g/mol. The lowest BCUT2D eigenvalue weighted by atomic mass is 10.1. The minimum atomic E-state index is -0.273. The molecule has 0 spiro atoms. The maximum atomic E-state index is 12.2. The van der Waals surface area contributed by atoms with Gasteiger partial charge in [0.2, 0.25) is 11.0 Å². The Balaban J connectivity index is 1.61. The number of nitrogens with zero attached hydrogens (tertiary/aromatic N) is 3.